The van der Waals surface area contributed by atoms with Crippen molar-refractivity contribution in [1.29, 1.82) is 0 Å². The maximum atomic E-state index is 12.7. The summed E-state index contributed by atoms with van der Waals surface area (Å²) < 4.78 is 65.7. The Balaban J connectivity index is 1.87. The van der Waals surface area contributed by atoms with E-state index in [1.165, 1.54) is 42.5 Å². The highest BCUT2D eigenvalue weighted by Crippen LogP contribution is 2.30. The fraction of sp³-hybridized carbons (Fsp3) is 0.0476. The first-order valence-electron chi connectivity index (χ1n) is 9.01. The fourth-order valence-electron chi connectivity index (χ4n) is 2.71. The second kappa shape index (κ2) is 9.12. The van der Waals surface area contributed by atoms with Crippen LogP contribution in [0.15, 0.2) is 71.6 Å². The number of aromatic carboxylic acids is 1. The van der Waals surface area contributed by atoms with Crippen molar-refractivity contribution in [3.63, 3.8) is 0 Å². The summed E-state index contributed by atoms with van der Waals surface area (Å²) in [6.07, 6.45) is -4.63. The normalized spacial score (nSPS) is 11.6. The van der Waals surface area contributed by atoms with E-state index in [0.29, 0.717) is 12.1 Å². The van der Waals surface area contributed by atoms with E-state index in [4.69, 9.17) is 16.7 Å². The Morgan fingerprint density at radius 1 is 0.909 bits per heavy atom. The fourth-order valence-corrected chi connectivity index (χ4v) is 3.97. The van der Waals surface area contributed by atoms with Gasteiger partial charge in [-0.3, -0.25) is 9.52 Å². The predicted molar refractivity (Wildman–Crippen MR) is 115 cm³/mol. The van der Waals surface area contributed by atoms with E-state index >= 15 is 0 Å². The molecule has 0 spiro atoms. The van der Waals surface area contributed by atoms with Crippen LogP contribution in [0.4, 0.5) is 24.5 Å². The van der Waals surface area contributed by atoms with Gasteiger partial charge in [-0.25, -0.2) is 13.2 Å². The molecule has 0 saturated heterocycles. The minimum Gasteiger partial charge on any atom is -0.478 e. The van der Waals surface area contributed by atoms with E-state index in [9.17, 15) is 31.2 Å². The topological polar surface area (TPSA) is 113 Å². The molecule has 0 unspecified atom stereocenters. The summed E-state index contributed by atoms with van der Waals surface area (Å²) in [5.41, 5.74) is -1.11. The van der Waals surface area contributed by atoms with Gasteiger partial charge in [-0.15, -0.1) is 0 Å². The lowest BCUT2D eigenvalue weighted by Gasteiger charge is -2.14. The van der Waals surface area contributed by atoms with Crippen LogP contribution in [-0.4, -0.2) is 25.4 Å². The number of carboxylic acid groups (broad SMARTS) is 1. The van der Waals surface area contributed by atoms with Gasteiger partial charge in [0.1, 0.15) is 0 Å². The van der Waals surface area contributed by atoms with Crippen LogP contribution in [0.2, 0.25) is 5.02 Å². The van der Waals surface area contributed by atoms with Gasteiger partial charge < -0.3 is 10.4 Å². The highest BCUT2D eigenvalue weighted by atomic mass is 35.5. The van der Waals surface area contributed by atoms with E-state index in [1.54, 1.807) is 0 Å². The van der Waals surface area contributed by atoms with E-state index in [0.717, 1.165) is 12.1 Å². The number of rotatable bonds is 6. The number of carboxylic acids is 1. The lowest BCUT2D eigenvalue weighted by Crippen LogP contribution is -2.19. The molecule has 0 atom stereocenters. The number of amides is 1. The monoisotopic (exact) mass is 498 g/mol. The molecule has 0 saturated carbocycles. The quantitative estimate of drug-likeness (QED) is 0.437. The van der Waals surface area contributed by atoms with Crippen molar-refractivity contribution in [3.05, 3.63) is 88.4 Å². The molecule has 3 N–H and O–H groups in total. The minimum atomic E-state index is -4.63. The summed E-state index contributed by atoms with van der Waals surface area (Å²) in [5.74, 6) is -1.91. The molecule has 1 amide bonds. The molecule has 33 heavy (non-hydrogen) atoms. The number of anilines is 2. The predicted octanol–water partition coefficient (Wildman–Crippen LogP) is 5.11. The van der Waals surface area contributed by atoms with Gasteiger partial charge in [0.15, 0.2) is 0 Å². The van der Waals surface area contributed by atoms with E-state index in [-0.39, 0.29) is 27.5 Å². The lowest BCUT2D eigenvalue weighted by atomic mass is 10.1. The minimum absolute atomic E-state index is 0.000690. The maximum Gasteiger partial charge on any atom is 0.416 e. The maximum absolute atomic E-state index is 12.7. The van der Waals surface area contributed by atoms with Gasteiger partial charge in [-0.1, -0.05) is 11.6 Å². The molecule has 7 nitrogen and oxygen atoms in total. The zero-order chi connectivity index (χ0) is 24.4. The molecule has 0 aromatic heterocycles. The molecular formula is C21H14ClF3N2O5S. The van der Waals surface area contributed by atoms with Crippen LogP contribution >= 0.6 is 11.6 Å². The average molecular weight is 499 g/mol. The van der Waals surface area contributed by atoms with Crippen LogP contribution in [0, 0.1) is 0 Å². The molecule has 0 heterocycles. The zero-order valence-electron chi connectivity index (χ0n) is 16.4. The summed E-state index contributed by atoms with van der Waals surface area (Å²) >= 11 is 5.94. The van der Waals surface area contributed by atoms with E-state index in [1.807, 2.05) is 0 Å². The van der Waals surface area contributed by atoms with E-state index in [2.05, 4.69) is 10.0 Å². The smallest absolute Gasteiger partial charge is 0.416 e. The second-order valence-electron chi connectivity index (χ2n) is 6.65. The molecule has 0 aliphatic heterocycles. The molecule has 0 aliphatic carbocycles. The Bertz CT molecular complexity index is 1310. The first-order valence-corrected chi connectivity index (χ1v) is 10.9. The Labute approximate surface area is 190 Å². The van der Waals surface area contributed by atoms with Gasteiger partial charge in [0.25, 0.3) is 15.9 Å². The van der Waals surface area contributed by atoms with Crippen LogP contribution in [0.5, 0.6) is 0 Å². The molecule has 0 aliphatic rings. The standard InChI is InChI=1S/C21H14ClF3N2O5S/c22-14-5-10-18(27-33(31,32)16-8-3-13(4-9-16)21(23,24)25)17(11-14)19(28)26-15-6-1-12(2-7-15)20(29)30/h1-11,27H,(H,26,28)(H,29,30). The molecule has 172 valence electrons. The van der Waals surface area contributed by atoms with Crippen LogP contribution in [0.1, 0.15) is 26.3 Å². The number of benzene rings is 3. The number of sulfonamides is 1. The SMILES string of the molecule is O=C(O)c1ccc(NC(=O)c2cc(Cl)ccc2NS(=O)(=O)c2ccc(C(F)(F)F)cc2)cc1. The molecule has 3 aromatic carbocycles. The molecule has 3 aromatic rings. The van der Waals surface area contributed by atoms with Gasteiger partial charge >= 0.3 is 12.1 Å². The molecule has 12 heteroatoms. The van der Waals surface area contributed by atoms with Crippen molar-refractivity contribution in [2.75, 3.05) is 10.0 Å². The lowest BCUT2D eigenvalue weighted by molar-refractivity contribution is -0.137. The van der Waals surface area contributed by atoms with Gasteiger partial charge in [0.05, 0.1) is 27.3 Å². The van der Waals surface area contributed by atoms with Gasteiger partial charge in [-0.05, 0) is 66.7 Å². The zero-order valence-corrected chi connectivity index (χ0v) is 17.9. The largest absolute Gasteiger partial charge is 0.478 e. The third-order valence-electron chi connectivity index (χ3n) is 4.35. The van der Waals surface area contributed by atoms with E-state index < -0.39 is 38.5 Å². The molecule has 0 bridgehead atoms. The number of hydrogen-bond donors (Lipinski definition) is 3. The number of halogens is 4. The Hall–Kier alpha value is -3.57. The van der Waals surface area contributed by atoms with Crippen molar-refractivity contribution in [2.24, 2.45) is 0 Å². The molecule has 0 radical (unpaired) electrons. The summed E-state index contributed by atoms with van der Waals surface area (Å²) in [6.45, 7) is 0. The van der Waals surface area contributed by atoms with Crippen molar-refractivity contribution in [1.82, 2.24) is 0 Å². The highest BCUT2D eigenvalue weighted by Gasteiger charge is 2.30. The summed E-state index contributed by atoms with van der Waals surface area (Å²) in [6, 6.07) is 11.8. The van der Waals surface area contributed by atoms with Crippen LogP contribution < -0.4 is 10.0 Å². The number of carbonyl (C=O) groups excluding carboxylic acids is 1. The van der Waals surface area contributed by atoms with Crippen LogP contribution in [0.3, 0.4) is 0 Å². The number of alkyl halides is 3. The third kappa shape index (κ3) is 5.82. The summed E-state index contributed by atoms with van der Waals surface area (Å²) in [5, 5.41) is 11.6. The van der Waals surface area contributed by atoms with Crippen molar-refractivity contribution < 1.29 is 36.3 Å². The van der Waals surface area contributed by atoms with Gasteiger partial charge in [0, 0.05) is 10.7 Å². The second-order valence-corrected chi connectivity index (χ2v) is 8.77. The first kappa shape index (κ1) is 24.1. The molecule has 0 fully saturated rings. The highest BCUT2D eigenvalue weighted by molar-refractivity contribution is 7.92. The Morgan fingerprint density at radius 3 is 2.06 bits per heavy atom. The van der Waals surface area contributed by atoms with Crippen LogP contribution in [-0.2, 0) is 16.2 Å². The van der Waals surface area contributed by atoms with Gasteiger partial charge in [-0.2, -0.15) is 13.2 Å². The van der Waals surface area contributed by atoms with Crippen molar-refractivity contribution in [2.45, 2.75) is 11.1 Å². The Morgan fingerprint density at radius 2 is 1.52 bits per heavy atom. The van der Waals surface area contributed by atoms with Gasteiger partial charge in [0.2, 0.25) is 0 Å². The first-order chi connectivity index (χ1) is 15.4. The summed E-state index contributed by atoms with van der Waals surface area (Å²) in [4.78, 5) is 23.2. The number of nitrogens with one attached hydrogen (secondary N) is 2. The third-order valence-corrected chi connectivity index (χ3v) is 5.97. The number of hydrogen-bond acceptors (Lipinski definition) is 4. The van der Waals surface area contributed by atoms with Crippen molar-refractivity contribution >= 4 is 44.9 Å². The average Bonchev–Trinajstić information content (AvgIpc) is 2.74. The molecule has 3 rings (SSSR count). The molecular weight excluding hydrogens is 485 g/mol. The number of carbonyl (C=O) groups is 2. The summed E-state index contributed by atoms with van der Waals surface area (Å²) in [7, 11) is -4.34. The Kier molecular flexibility index (Phi) is 6.65. The van der Waals surface area contributed by atoms with Crippen molar-refractivity contribution in [3.8, 4) is 0 Å². The van der Waals surface area contributed by atoms with Crippen LogP contribution in [0.25, 0.3) is 0 Å².